The molecule has 0 unspecified atom stereocenters. The second-order valence-electron chi connectivity index (χ2n) is 1.72. The SMILES string of the molecule is CC1=CCNC(=S)N1. The molecule has 0 spiro atoms. The summed E-state index contributed by atoms with van der Waals surface area (Å²) < 4.78 is 0. The van der Waals surface area contributed by atoms with Crippen LogP contribution < -0.4 is 10.6 Å². The van der Waals surface area contributed by atoms with E-state index in [-0.39, 0.29) is 0 Å². The third-order valence-corrected chi connectivity index (χ3v) is 1.23. The van der Waals surface area contributed by atoms with Crippen LogP contribution in [0, 0.1) is 0 Å². The summed E-state index contributed by atoms with van der Waals surface area (Å²) in [6, 6.07) is 0. The lowest BCUT2D eigenvalue weighted by Gasteiger charge is -2.14. The molecule has 8 heavy (non-hydrogen) atoms. The number of hydrogen-bond acceptors (Lipinski definition) is 1. The first-order valence-corrected chi connectivity index (χ1v) is 2.91. The molecule has 0 fully saturated rings. The minimum atomic E-state index is 0.727. The zero-order valence-electron chi connectivity index (χ0n) is 4.69. The standard InChI is InChI=1S/C5H8N2S/c1-4-2-3-6-5(8)7-4/h2H,3H2,1H3,(H2,6,7,8). The van der Waals surface area contributed by atoms with Gasteiger partial charge in [0.25, 0.3) is 0 Å². The molecular weight excluding hydrogens is 120 g/mol. The molecule has 0 aliphatic carbocycles. The van der Waals surface area contributed by atoms with Gasteiger partial charge in [-0.3, -0.25) is 0 Å². The number of nitrogens with one attached hydrogen (secondary N) is 2. The van der Waals surface area contributed by atoms with Gasteiger partial charge in [0.1, 0.15) is 0 Å². The van der Waals surface area contributed by atoms with Crippen molar-refractivity contribution < 1.29 is 0 Å². The molecule has 1 heterocycles. The molecule has 0 saturated carbocycles. The van der Waals surface area contributed by atoms with Gasteiger partial charge in [0, 0.05) is 12.2 Å². The van der Waals surface area contributed by atoms with Crippen LogP contribution in [0.15, 0.2) is 11.8 Å². The Morgan fingerprint density at radius 2 is 2.50 bits per heavy atom. The van der Waals surface area contributed by atoms with Gasteiger partial charge in [0.15, 0.2) is 5.11 Å². The molecule has 1 rings (SSSR count). The van der Waals surface area contributed by atoms with Crippen molar-refractivity contribution in [3.05, 3.63) is 11.8 Å². The Morgan fingerprint density at radius 1 is 1.75 bits per heavy atom. The highest BCUT2D eigenvalue weighted by Crippen LogP contribution is 1.89. The quantitative estimate of drug-likeness (QED) is 0.461. The molecule has 0 aromatic carbocycles. The van der Waals surface area contributed by atoms with E-state index in [1.165, 1.54) is 0 Å². The van der Waals surface area contributed by atoms with Gasteiger partial charge in [-0.25, -0.2) is 0 Å². The third kappa shape index (κ3) is 1.20. The molecule has 0 aromatic heterocycles. The summed E-state index contributed by atoms with van der Waals surface area (Å²) in [5.74, 6) is 0. The van der Waals surface area contributed by atoms with Crippen molar-refractivity contribution in [1.82, 2.24) is 10.6 Å². The van der Waals surface area contributed by atoms with Gasteiger partial charge >= 0.3 is 0 Å². The first-order valence-electron chi connectivity index (χ1n) is 2.50. The molecule has 1 aliphatic heterocycles. The number of allylic oxidation sites excluding steroid dienone is 1. The average Bonchev–Trinajstić information content (AvgIpc) is 1.64. The zero-order chi connectivity index (χ0) is 5.98. The fourth-order valence-corrected chi connectivity index (χ4v) is 0.815. The number of hydrogen-bond donors (Lipinski definition) is 2. The van der Waals surface area contributed by atoms with Crippen LogP contribution in [0.25, 0.3) is 0 Å². The maximum atomic E-state index is 4.82. The number of rotatable bonds is 0. The molecule has 0 radical (unpaired) electrons. The molecule has 0 saturated heterocycles. The first kappa shape index (κ1) is 5.56. The van der Waals surface area contributed by atoms with Crippen molar-refractivity contribution in [2.24, 2.45) is 0 Å². The van der Waals surface area contributed by atoms with E-state index in [9.17, 15) is 0 Å². The van der Waals surface area contributed by atoms with Crippen molar-refractivity contribution in [1.29, 1.82) is 0 Å². The summed E-state index contributed by atoms with van der Waals surface area (Å²) in [5, 5.41) is 6.64. The van der Waals surface area contributed by atoms with Crippen LogP contribution in [0.3, 0.4) is 0 Å². The van der Waals surface area contributed by atoms with Gasteiger partial charge < -0.3 is 10.6 Å². The maximum absolute atomic E-state index is 4.82. The van der Waals surface area contributed by atoms with Crippen LogP contribution in [0.5, 0.6) is 0 Å². The van der Waals surface area contributed by atoms with E-state index in [1.54, 1.807) is 0 Å². The summed E-state index contributed by atoms with van der Waals surface area (Å²) >= 11 is 4.82. The molecule has 0 aromatic rings. The second kappa shape index (κ2) is 2.13. The maximum Gasteiger partial charge on any atom is 0.170 e. The van der Waals surface area contributed by atoms with E-state index < -0.39 is 0 Å². The van der Waals surface area contributed by atoms with E-state index in [2.05, 4.69) is 16.7 Å². The zero-order valence-corrected chi connectivity index (χ0v) is 5.51. The summed E-state index contributed by atoms with van der Waals surface area (Å²) in [4.78, 5) is 0. The van der Waals surface area contributed by atoms with E-state index >= 15 is 0 Å². The van der Waals surface area contributed by atoms with Crippen LogP contribution in [-0.4, -0.2) is 11.7 Å². The minimum Gasteiger partial charge on any atom is -0.359 e. The Labute approximate surface area is 54.0 Å². The Kier molecular flexibility index (Phi) is 1.48. The lowest BCUT2D eigenvalue weighted by Crippen LogP contribution is -2.38. The molecule has 2 nitrogen and oxygen atoms in total. The van der Waals surface area contributed by atoms with Gasteiger partial charge in [-0.2, -0.15) is 0 Å². The summed E-state index contributed by atoms with van der Waals surface area (Å²) in [6.45, 7) is 2.85. The normalized spacial score (nSPS) is 18.6. The van der Waals surface area contributed by atoms with E-state index in [0.717, 1.165) is 17.4 Å². The smallest absolute Gasteiger partial charge is 0.170 e. The van der Waals surface area contributed by atoms with Crippen molar-refractivity contribution in [3.63, 3.8) is 0 Å². The van der Waals surface area contributed by atoms with Gasteiger partial charge in [0.2, 0.25) is 0 Å². The highest BCUT2D eigenvalue weighted by atomic mass is 32.1. The summed E-state index contributed by atoms with van der Waals surface area (Å²) in [6.07, 6.45) is 2.05. The van der Waals surface area contributed by atoms with Crippen LogP contribution in [0.1, 0.15) is 6.92 Å². The highest BCUT2D eigenvalue weighted by Gasteiger charge is 1.98. The Hall–Kier alpha value is -0.570. The van der Waals surface area contributed by atoms with Gasteiger partial charge in [-0.05, 0) is 25.2 Å². The lowest BCUT2D eigenvalue weighted by atomic mass is 10.4. The fourth-order valence-electron chi connectivity index (χ4n) is 0.571. The predicted molar refractivity (Wildman–Crippen MR) is 37.5 cm³/mol. The van der Waals surface area contributed by atoms with Crippen molar-refractivity contribution in [2.75, 3.05) is 6.54 Å². The topological polar surface area (TPSA) is 24.1 Å². The molecule has 0 bridgehead atoms. The van der Waals surface area contributed by atoms with Crippen LogP contribution in [-0.2, 0) is 0 Å². The Morgan fingerprint density at radius 3 is 2.88 bits per heavy atom. The van der Waals surface area contributed by atoms with Gasteiger partial charge in [0.05, 0.1) is 0 Å². The molecule has 1 aliphatic rings. The summed E-state index contributed by atoms with van der Waals surface area (Å²) in [5.41, 5.74) is 1.13. The monoisotopic (exact) mass is 128 g/mol. The fraction of sp³-hybridized carbons (Fsp3) is 0.400. The Bertz CT molecular complexity index is 139. The molecule has 2 N–H and O–H groups in total. The average molecular weight is 128 g/mol. The second-order valence-corrected chi connectivity index (χ2v) is 2.13. The van der Waals surface area contributed by atoms with E-state index in [0.29, 0.717) is 0 Å². The largest absolute Gasteiger partial charge is 0.359 e. The molecule has 0 atom stereocenters. The molecule has 44 valence electrons. The number of thiocarbonyl (C=S) groups is 1. The van der Waals surface area contributed by atoms with Crippen LogP contribution >= 0.6 is 12.2 Å². The van der Waals surface area contributed by atoms with Crippen molar-refractivity contribution in [3.8, 4) is 0 Å². The van der Waals surface area contributed by atoms with Crippen molar-refractivity contribution in [2.45, 2.75) is 6.92 Å². The molecule has 3 heteroatoms. The van der Waals surface area contributed by atoms with E-state index in [4.69, 9.17) is 12.2 Å². The summed E-state index contributed by atoms with van der Waals surface area (Å²) in [7, 11) is 0. The third-order valence-electron chi connectivity index (χ3n) is 0.982. The van der Waals surface area contributed by atoms with Gasteiger partial charge in [-0.1, -0.05) is 0 Å². The van der Waals surface area contributed by atoms with Gasteiger partial charge in [-0.15, -0.1) is 0 Å². The minimum absolute atomic E-state index is 0.727. The lowest BCUT2D eigenvalue weighted by molar-refractivity contribution is 0.917. The highest BCUT2D eigenvalue weighted by molar-refractivity contribution is 7.80. The van der Waals surface area contributed by atoms with Crippen molar-refractivity contribution >= 4 is 17.3 Å². The molecule has 0 amide bonds. The Balaban J connectivity index is 2.57. The van der Waals surface area contributed by atoms with Crippen LogP contribution in [0.4, 0.5) is 0 Å². The predicted octanol–water partition coefficient (Wildman–Crippen LogP) is 0.368. The first-order chi connectivity index (χ1) is 3.79. The molecular formula is C5H8N2S. The van der Waals surface area contributed by atoms with Crippen LogP contribution in [0.2, 0.25) is 0 Å². The van der Waals surface area contributed by atoms with E-state index in [1.807, 2.05) is 6.92 Å².